The SMILES string of the molecule is CC1CN(C(CN)c2ccsc2)CC1C. The van der Waals surface area contributed by atoms with Gasteiger partial charge in [-0.2, -0.15) is 11.3 Å². The van der Waals surface area contributed by atoms with E-state index in [1.807, 2.05) is 0 Å². The third-order valence-electron chi connectivity index (χ3n) is 3.61. The Morgan fingerprint density at radius 1 is 1.47 bits per heavy atom. The lowest BCUT2D eigenvalue weighted by Crippen LogP contribution is -2.31. The van der Waals surface area contributed by atoms with Crippen LogP contribution in [0.5, 0.6) is 0 Å². The van der Waals surface area contributed by atoms with Gasteiger partial charge in [0.05, 0.1) is 0 Å². The maximum atomic E-state index is 5.90. The molecule has 1 aliphatic heterocycles. The summed E-state index contributed by atoms with van der Waals surface area (Å²) in [5.41, 5.74) is 7.29. The predicted molar refractivity (Wildman–Crippen MR) is 66.0 cm³/mol. The van der Waals surface area contributed by atoms with Crippen LogP contribution in [0.25, 0.3) is 0 Å². The van der Waals surface area contributed by atoms with E-state index in [1.165, 1.54) is 18.7 Å². The molecule has 0 spiro atoms. The molecule has 1 aromatic heterocycles. The van der Waals surface area contributed by atoms with E-state index in [0.717, 1.165) is 18.4 Å². The van der Waals surface area contributed by atoms with Crippen LogP contribution in [0.3, 0.4) is 0 Å². The summed E-state index contributed by atoms with van der Waals surface area (Å²) in [5, 5.41) is 4.37. The van der Waals surface area contributed by atoms with Crippen LogP contribution in [0.1, 0.15) is 25.5 Å². The minimum atomic E-state index is 0.434. The fourth-order valence-corrected chi connectivity index (χ4v) is 3.10. The summed E-state index contributed by atoms with van der Waals surface area (Å²) in [6, 6.07) is 2.64. The highest BCUT2D eigenvalue weighted by atomic mass is 32.1. The summed E-state index contributed by atoms with van der Waals surface area (Å²) in [4.78, 5) is 2.54. The molecule has 1 saturated heterocycles. The van der Waals surface area contributed by atoms with Gasteiger partial charge < -0.3 is 5.73 Å². The van der Waals surface area contributed by atoms with Crippen molar-refractivity contribution in [2.45, 2.75) is 19.9 Å². The molecular formula is C12H20N2S. The molecule has 1 fully saturated rings. The van der Waals surface area contributed by atoms with Crippen molar-refractivity contribution in [3.05, 3.63) is 22.4 Å². The molecule has 2 rings (SSSR count). The Hall–Kier alpha value is -0.380. The molecule has 1 aliphatic rings. The van der Waals surface area contributed by atoms with E-state index in [9.17, 15) is 0 Å². The lowest BCUT2D eigenvalue weighted by Gasteiger charge is -2.26. The summed E-state index contributed by atoms with van der Waals surface area (Å²) in [7, 11) is 0. The average molecular weight is 224 g/mol. The van der Waals surface area contributed by atoms with Gasteiger partial charge in [-0.1, -0.05) is 13.8 Å². The van der Waals surface area contributed by atoms with Gasteiger partial charge in [-0.25, -0.2) is 0 Å². The van der Waals surface area contributed by atoms with Gasteiger partial charge in [0.15, 0.2) is 0 Å². The molecule has 1 aromatic rings. The highest BCUT2D eigenvalue weighted by Crippen LogP contribution is 2.30. The minimum Gasteiger partial charge on any atom is -0.329 e. The number of likely N-dealkylation sites (tertiary alicyclic amines) is 1. The Morgan fingerprint density at radius 3 is 2.60 bits per heavy atom. The molecule has 3 atom stereocenters. The predicted octanol–water partition coefficient (Wildman–Crippen LogP) is 2.34. The van der Waals surface area contributed by atoms with E-state index in [2.05, 4.69) is 35.6 Å². The summed E-state index contributed by atoms with van der Waals surface area (Å²) in [6.45, 7) is 7.80. The molecule has 0 aliphatic carbocycles. The maximum absolute atomic E-state index is 5.90. The molecule has 0 radical (unpaired) electrons. The molecule has 0 saturated carbocycles. The summed E-state index contributed by atoms with van der Waals surface area (Å²) in [6.07, 6.45) is 0. The normalized spacial score (nSPS) is 29.5. The first kappa shape index (κ1) is 11.1. The third-order valence-corrected chi connectivity index (χ3v) is 4.31. The minimum absolute atomic E-state index is 0.434. The van der Waals surface area contributed by atoms with Gasteiger partial charge in [0.2, 0.25) is 0 Å². The van der Waals surface area contributed by atoms with Gasteiger partial charge in [-0.05, 0) is 34.2 Å². The monoisotopic (exact) mass is 224 g/mol. The van der Waals surface area contributed by atoms with Crippen molar-refractivity contribution in [3.63, 3.8) is 0 Å². The Morgan fingerprint density at radius 2 is 2.13 bits per heavy atom. The number of hydrogen-bond acceptors (Lipinski definition) is 3. The number of nitrogens with zero attached hydrogens (tertiary/aromatic N) is 1. The van der Waals surface area contributed by atoms with Crippen molar-refractivity contribution in [1.29, 1.82) is 0 Å². The van der Waals surface area contributed by atoms with Crippen molar-refractivity contribution in [1.82, 2.24) is 4.90 Å². The smallest absolute Gasteiger partial charge is 0.0478 e. The zero-order valence-corrected chi connectivity index (χ0v) is 10.3. The molecule has 84 valence electrons. The van der Waals surface area contributed by atoms with Gasteiger partial charge in [0, 0.05) is 25.7 Å². The third kappa shape index (κ3) is 2.25. The van der Waals surface area contributed by atoms with Crippen molar-refractivity contribution >= 4 is 11.3 Å². The van der Waals surface area contributed by atoms with E-state index in [1.54, 1.807) is 11.3 Å². The molecule has 0 bridgehead atoms. The molecule has 2 heterocycles. The van der Waals surface area contributed by atoms with Gasteiger partial charge in [0.1, 0.15) is 0 Å². The van der Waals surface area contributed by atoms with Crippen molar-refractivity contribution < 1.29 is 0 Å². The van der Waals surface area contributed by atoms with Gasteiger partial charge in [0.25, 0.3) is 0 Å². The lowest BCUT2D eigenvalue weighted by molar-refractivity contribution is 0.240. The quantitative estimate of drug-likeness (QED) is 0.854. The van der Waals surface area contributed by atoms with Crippen LogP contribution in [-0.4, -0.2) is 24.5 Å². The second kappa shape index (κ2) is 4.64. The van der Waals surface area contributed by atoms with Crippen molar-refractivity contribution in [2.75, 3.05) is 19.6 Å². The fourth-order valence-electron chi connectivity index (χ4n) is 2.39. The zero-order chi connectivity index (χ0) is 10.8. The largest absolute Gasteiger partial charge is 0.329 e. The lowest BCUT2D eigenvalue weighted by atomic mass is 10.0. The van der Waals surface area contributed by atoms with Crippen LogP contribution < -0.4 is 5.73 Å². The van der Waals surface area contributed by atoms with Crippen LogP contribution in [0.15, 0.2) is 16.8 Å². The molecule has 2 nitrogen and oxygen atoms in total. The molecule has 15 heavy (non-hydrogen) atoms. The first-order chi connectivity index (χ1) is 7.22. The first-order valence-electron chi connectivity index (χ1n) is 5.68. The molecule has 3 unspecified atom stereocenters. The second-order valence-electron chi connectivity index (χ2n) is 4.72. The highest BCUT2D eigenvalue weighted by molar-refractivity contribution is 7.07. The van der Waals surface area contributed by atoms with Crippen molar-refractivity contribution in [3.8, 4) is 0 Å². The number of hydrogen-bond donors (Lipinski definition) is 1. The van der Waals surface area contributed by atoms with E-state index in [0.29, 0.717) is 6.04 Å². The van der Waals surface area contributed by atoms with Gasteiger partial charge in [-0.3, -0.25) is 4.90 Å². The van der Waals surface area contributed by atoms with Gasteiger partial charge >= 0.3 is 0 Å². The standard InChI is InChI=1S/C12H20N2S/c1-9-6-14(7-10(9)2)12(5-13)11-3-4-15-8-11/h3-4,8-10,12H,5-7,13H2,1-2H3. The Kier molecular flexibility index (Phi) is 3.44. The highest BCUT2D eigenvalue weighted by Gasteiger charge is 2.31. The Balaban J connectivity index is 2.08. The van der Waals surface area contributed by atoms with E-state index >= 15 is 0 Å². The fraction of sp³-hybridized carbons (Fsp3) is 0.667. The number of rotatable bonds is 3. The van der Waals surface area contributed by atoms with Gasteiger partial charge in [-0.15, -0.1) is 0 Å². The summed E-state index contributed by atoms with van der Waals surface area (Å²) < 4.78 is 0. The summed E-state index contributed by atoms with van der Waals surface area (Å²) in [5.74, 6) is 1.61. The van der Waals surface area contributed by atoms with Crippen LogP contribution in [0.2, 0.25) is 0 Å². The maximum Gasteiger partial charge on any atom is 0.0478 e. The van der Waals surface area contributed by atoms with E-state index in [4.69, 9.17) is 5.73 Å². The molecule has 2 N–H and O–H groups in total. The van der Waals surface area contributed by atoms with Crippen LogP contribution in [0.4, 0.5) is 0 Å². The van der Waals surface area contributed by atoms with Crippen LogP contribution in [-0.2, 0) is 0 Å². The van der Waals surface area contributed by atoms with Crippen LogP contribution >= 0.6 is 11.3 Å². The Bertz CT molecular complexity index is 287. The molecule has 0 amide bonds. The number of thiophene rings is 1. The Labute approximate surface area is 96.1 Å². The van der Waals surface area contributed by atoms with E-state index in [-0.39, 0.29) is 0 Å². The summed E-state index contributed by atoms with van der Waals surface area (Å²) >= 11 is 1.76. The number of nitrogens with two attached hydrogens (primary N) is 1. The molecule has 3 heteroatoms. The molecule has 0 aromatic carbocycles. The molecular weight excluding hydrogens is 204 g/mol. The van der Waals surface area contributed by atoms with Crippen LogP contribution in [0, 0.1) is 11.8 Å². The topological polar surface area (TPSA) is 29.3 Å². The second-order valence-corrected chi connectivity index (χ2v) is 5.50. The van der Waals surface area contributed by atoms with Crippen molar-refractivity contribution in [2.24, 2.45) is 17.6 Å². The van der Waals surface area contributed by atoms with E-state index < -0.39 is 0 Å². The zero-order valence-electron chi connectivity index (χ0n) is 9.52. The average Bonchev–Trinajstić information content (AvgIpc) is 2.80. The first-order valence-corrected chi connectivity index (χ1v) is 6.63.